The van der Waals surface area contributed by atoms with Gasteiger partial charge in [0, 0.05) is 17.6 Å². The van der Waals surface area contributed by atoms with Gasteiger partial charge in [0.15, 0.2) is 4.47 Å². The molecule has 0 aliphatic rings. The van der Waals surface area contributed by atoms with Gasteiger partial charge in [-0.1, -0.05) is 11.6 Å². The second-order valence-corrected chi connectivity index (χ2v) is 3.99. The van der Waals surface area contributed by atoms with E-state index in [1.165, 1.54) is 0 Å². The summed E-state index contributed by atoms with van der Waals surface area (Å²) in [4.78, 5) is 3.58. The van der Waals surface area contributed by atoms with Crippen LogP contribution in [-0.4, -0.2) is 17.7 Å². The van der Waals surface area contributed by atoms with Crippen LogP contribution in [0.5, 0.6) is 0 Å². The number of nitrogens with zero attached hydrogens (tertiary/aromatic N) is 1. The summed E-state index contributed by atoms with van der Waals surface area (Å²) in [5.41, 5.74) is 5.02. The highest BCUT2D eigenvalue weighted by molar-refractivity contribution is 7.15. The zero-order chi connectivity index (χ0) is 10.1. The SMILES string of the molecule is NCC(c1cnc(Cl)s1)C(F)(F)F. The first-order valence-electron chi connectivity index (χ1n) is 3.33. The maximum atomic E-state index is 12.3. The van der Waals surface area contributed by atoms with Crippen LogP contribution in [0, 0.1) is 0 Å². The van der Waals surface area contributed by atoms with Gasteiger partial charge in [-0.05, 0) is 0 Å². The van der Waals surface area contributed by atoms with Crippen molar-refractivity contribution >= 4 is 22.9 Å². The van der Waals surface area contributed by atoms with Crippen LogP contribution in [0.4, 0.5) is 13.2 Å². The van der Waals surface area contributed by atoms with Gasteiger partial charge in [-0.3, -0.25) is 0 Å². The molecule has 2 N–H and O–H groups in total. The number of hydrogen-bond acceptors (Lipinski definition) is 3. The van der Waals surface area contributed by atoms with Gasteiger partial charge in [0.2, 0.25) is 0 Å². The molecule has 0 aliphatic carbocycles. The Kier molecular flexibility index (Phi) is 3.15. The van der Waals surface area contributed by atoms with Crippen LogP contribution >= 0.6 is 22.9 Å². The minimum Gasteiger partial charge on any atom is -0.329 e. The molecular formula is C6H6ClF3N2S. The fourth-order valence-electron chi connectivity index (χ4n) is 0.837. The van der Waals surface area contributed by atoms with Crippen molar-refractivity contribution in [2.75, 3.05) is 6.54 Å². The highest BCUT2D eigenvalue weighted by atomic mass is 35.5. The van der Waals surface area contributed by atoms with Crippen molar-refractivity contribution in [2.24, 2.45) is 5.73 Å². The lowest BCUT2D eigenvalue weighted by atomic mass is 10.1. The van der Waals surface area contributed by atoms with Gasteiger partial charge in [0.05, 0.1) is 0 Å². The largest absolute Gasteiger partial charge is 0.397 e. The molecule has 0 bridgehead atoms. The van der Waals surface area contributed by atoms with E-state index in [2.05, 4.69) is 4.98 Å². The average molecular weight is 231 g/mol. The number of thiazole rings is 1. The van der Waals surface area contributed by atoms with Gasteiger partial charge < -0.3 is 5.73 Å². The molecule has 0 aromatic carbocycles. The van der Waals surface area contributed by atoms with Gasteiger partial charge in [-0.2, -0.15) is 13.2 Å². The number of hydrogen-bond donors (Lipinski definition) is 1. The van der Waals surface area contributed by atoms with Gasteiger partial charge in [0.25, 0.3) is 0 Å². The molecule has 0 saturated carbocycles. The minimum atomic E-state index is -4.33. The summed E-state index contributed by atoms with van der Waals surface area (Å²) >= 11 is 6.21. The van der Waals surface area contributed by atoms with Crippen molar-refractivity contribution in [3.8, 4) is 0 Å². The molecule has 1 rings (SSSR count). The van der Waals surface area contributed by atoms with E-state index in [1.54, 1.807) is 0 Å². The van der Waals surface area contributed by atoms with Crippen molar-refractivity contribution in [3.63, 3.8) is 0 Å². The summed E-state index contributed by atoms with van der Waals surface area (Å²) < 4.78 is 36.9. The van der Waals surface area contributed by atoms with Crippen LogP contribution in [0.3, 0.4) is 0 Å². The summed E-state index contributed by atoms with van der Waals surface area (Å²) in [5, 5.41) is 0. The lowest BCUT2D eigenvalue weighted by Crippen LogP contribution is -2.27. The molecule has 0 spiro atoms. The third-order valence-corrected chi connectivity index (χ3v) is 2.70. The number of nitrogens with two attached hydrogens (primary N) is 1. The third-order valence-electron chi connectivity index (χ3n) is 1.47. The molecule has 1 aromatic rings. The van der Waals surface area contributed by atoms with E-state index in [1.807, 2.05) is 0 Å². The third kappa shape index (κ3) is 2.55. The van der Waals surface area contributed by atoms with Crippen molar-refractivity contribution in [2.45, 2.75) is 12.1 Å². The molecule has 0 amide bonds. The molecule has 13 heavy (non-hydrogen) atoms. The second-order valence-electron chi connectivity index (χ2n) is 2.35. The smallest absolute Gasteiger partial charge is 0.329 e. The van der Waals surface area contributed by atoms with E-state index in [-0.39, 0.29) is 9.34 Å². The number of halogens is 4. The fraction of sp³-hybridized carbons (Fsp3) is 0.500. The van der Waals surface area contributed by atoms with Gasteiger partial charge in [-0.25, -0.2) is 4.98 Å². The first kappa shape index (κ1) is 10.7. The Bertz CT molecular complexity index is 286. The Morgan fingerprint density at radius 1 is 1.62 bits per heavy atom. The summed E-state index contributed by atoms with van der Waals surface area (Å²) in [5.74, 6) is -1.66. The zero-order valence-electron chi connectivity index (χ0n) is 6.31. The first-order valence-corrected chi connectivity index (χ1v) is 4.52. The van der Waals surface area contributed by atoms with Crippen LogP contribution in [0.1, 0.15) is 10.8 Å². The molecule has 1 unspecified atom stereocenters. The van der Waals surface area contributed by atoms with E-state index in [0.717, 1.165) is 17.5 Å². The van der Waals surface area contributed by atoms with Crippen molar-refractivity contribution in [1.82, 2.24) is 4.98 Å². The molecule has 7 heteroatoms. The van der Waals surface area contributed by atoms with Gasteiger partial charge in [0.1, 0.15) is 5.92 Å². The molecular weight excluding hydrogens is 225 g/mol. The van der Waals surface area contributed by atoms with E-state index in [0.29, 0.717) is 0 Å². The molecule has 2 nitrogen and oxygen atoms in total. The van der Waals surface area contributed by atoms with Crippen LogP contribution in [0.25, 0.3) is 0 Å². The lowest BCUT2D eigenvalue weighted by molar-refractivity contribution is -0.147. The maximum absolute atomic E-state index is 12.3. The fourth-order valence-corrected chi connectivity index (χ4v) is 1.93. The first-order chi connectivity index (χ1) is 5.95. The van der Waals surface area contributed by atoms with E-state index < -0.39 is 18.6 Å². The Labute approximate surface area is 81.5 Å². The zero-order valence-corrected chi connectivity index (χ0v) is 7.88. The predicted octanol–water partition coefficient (Wildman–Crippen LogP) is 2.40. The van der Waals surface area contributed by atoms with Gasteiger partial charge in [-0.15, -0.1) is 11.3 Å². The van der Waals surface area contributed by atoms with Crippen LogP contribution in [0.15, 0.2) is 6.20 Å². The summed E-state index contributed by atoms with van der Waals surface area (Å²) in [6.07, 6.45) is -3.22. The molecule has 74 valence electrons. The minimum absolute atomic E-state index is 0.0556. The Hall–Kier alpha value is -0.330. The van der Waals surface area contributed by atoms with E-state index in [9.17, 15) is 13.2 Å². The number of aromatic nitrogens is 1. The van der Waals surface area contributed by atoms with Crippen molar-refractivity contribution < 1.29 is 13.2 Å². The maximum Gasteiger partial charge on any atom is 0.397 e. The molecule has 1 aromatic heterocycles. The molecule has 0 saturated heterocycles. The predicted molar refractivity (Wildman–Crippen MR) is 45.0 cm³/mol. The average Bonchev–Trinajstić information content (AvgIpc) is 2.34. The Balaban J connectivity index is 2.91. The van der Waals surface area contributed by atoms with Crippen molar-refractivity contribution in [1.29, 1.82) is 0 Å². The summed E-state index contributed by atoms with van der Waals surface area (Å²) in [6.45, 7) is -0.484. The van der Waals surface area contributed by atoms with Crippen LogP contribution in [0.2, 0.25) is 4.47 Å². The highest BCUT2D eigenvalue weighted by Gasteiger charge is 2.40. The standard InChI is InChI=1S/C6H6ClF3N2S/c7-5-12-2-4(13-5)3(1-11)6(8,9)10/h2-3H,1,11H2. The number of rotatable bonds is 2. The lowest BCUT2D eigenvalue weighted by Gasteiger charge is -2.15. The van der Waals surface area contributed by atoms with E-state index in [4.69, 9.17) is 17.3 Å². The molecule has 1 heterocycles. The quantitative estimate of drug-likeness (QED) is 0.847. The molecule has 0 aliphatic heterocycles. The molecule has 0 radical (unpaired) electrons. The Morgan fingerprint density at radius 3 is 2.54 bits per heavy atom. The molecule has 1 atom stereocenters. The van der Waals surface area contributed by atoms with Gasteiger partial charge >= 0.3 is 6.18 Å². The molecule has 0 fully saturated rings. The number of alkyl halides is 3. The summed E-state index contributed by atoms with van der Waals surface area (Å²) in [7, 11) is 0. The van der Waals surface area contributed by atoms with Crippen LogP contribution < -0.4 is 5.73 Å². The second kappa shape index (κ2) is 3.81. The summed E-state index contributed by atoms with van der Waals surface area (Å²) in [6, 6.07) is 0. The Morgan fingerprint density at radius 2 is 2.23 bits per heavy atom. The van der Waals surface area contributed by atoms with Crippen LogP contribution in [-0.2, 0) is 0 Å². The normalized spacial score (nSPS) is 14.5. The van der Waals surface area contributed by atoms with Crippen molar-refractivity contribution in [3.05, 3.63) is 15.5 Å². The monoisotopic (exact) mass is 230 g/mol. The van der Waals surface area contributed by atoms with E-state index >= 15 is 0 Å². The topological polar surface area (TPSA) is 38.9 Å². The highest BCUT2D eigenvalue weighted by Crippen LogP contribution is 2.37.